The van der Waals surface area contributed by atoms with Gasteiger partial charge in [0.05, 0.1) is 10.7 Å². The van der Waals surface area contributed by atoms with Crippen LogP contribution in [0.1, 0.15) is 35.0 Å². The van der Waals surface area contributed by atoms with Gasteiger partial charge in [0.1, 0.15) is 5.82 Å². The van der Waals surface area contributed by atoms with Gasteiger partial charge in [-0.05, 0) is 38.3 Å². The van der Waals surface area contributed by atoms with Crippen molar-refractivity contribution in [1.82, 2.24) is 15.6 Å². The molecule has 0 bridgehead atoms. The highest BCUT2D eigenvalue weighted by molar-refractivity contribution is 7.11. The number of aryl methyl sites for hydroxylation is 2. The first-order valence-electron chi connectivity index (χ1n) is 8.84. The van der Waals surface area contributed by atoms with E-state index in [2.05, 4.69) is 34.5 Å². The third-order valence-electron chi connectivity index (χ3n) is 3.86. The van der Waals surface area contributed by atoms with Crippen LogP contribution in [-0.2, 0) is 19.3 Å². The first-order chi connectivity index (χ1) is 12.1. The smallest absolute Gasteiger partial charge is 0.191 e. The lowest BCUT2D eigenvalue weighted by atomic mass is 10.1. The molecule has 136 valence electrons. The molecule has 0 fully saturated rings. The van der Waals surface area contributed by atoms with Crippen LogP contribution in [0.4, 0.5) is 4.39 Å². The lowest BCUT2D eigenvalue weighted by Crippen LogP contribution is -2.38. The Labute approximate surface area is 153 Å². The van der Waals surface area contributed by atoms with Crippen molar-refractivity contribution in [3.05, 3.63) is 51.2 Å². The highest BCUT2D eigenvalue weighted by atomic mass is 32.1. The summed E-state index contributed by atoms with van der Waals surface area (Å²) in [6, 6.07) is 6.88. The lowest BCUT2D eigenvalue weighted by Gasteiger charge is -2.11. The van der Waals surface area contributed by atoms with Crippen molar-refractivity contribution in [2.45, 2.75) is 40.0 Å². The van der Waals surface area contributed by atoms with Gasteiger partial charge in [-0.15, -0.1) is 11.3 Å². The number of rotatable bonds is 8. The maximum Gasteiger partial charge on any atom is 0.191 e. The third-order valence-corrected chi connectivity index (χ3v) is 4.93. The van der Waals surface area contributed by atoms with Crippen LogP contribution in [0.25, 0.3) is 0 Å². The Bertz CT molecular complexity index is 696. The van der Waals surface area contributed by atoms with Crippen LogP contribution in [0, 0.1) is 12.7 Å². The van der Waals surface area contributed by atoms with Crippen LogP contribution >= 0.6 is 11.3 Å². The predicted octanol–water partition coefficient (Wildman–Crippen LogP) is 3.49. The molecule has 0 spiro atoms. The van der Waals surface area contributed by atoms with E-state index in [-0.39, 0.29) is 5.82 Å². The molecule has 0 aliphatic carbocycles. The van der Waals surface area contributed by atoms with Crippen LogP contribution in [0.3, 0.4) is 0 Å². The minimum Gasteiger partial charge on any atom is -0.357 e. The van der Waals surface area contributed by atoms with E-state index in [1.54, 1.807) is 17.4 Å². The number of aliphatic imine (C=N–C) groups is 1. The molecular weight excluding hydrogens is 335 g/mol. The number of thiazole rings is 1. The van der Waals surface area contributed by atoms with Crippen LogP contribution in [0.15, 0.2) is 29.3 Å². The number of guanidine groups is 1. The Balaban J connectivity index is 1.84. The van der Waals surface area contributed by atoms with Crippen molar-refractivity contribution in [3.8, 4) is 0 Å². The molecule has 0 unspecified atom stereocenters. The Kier molecular flexibility index (Phi) is 7.85. The molecule has 2 N–H and O–H groups in total. The molecule has 1 aromatic heterocycles. The van der Waals surface area contributed by atoms with Crippen molar-refractivity contribution in [2.75, 3.05) is 19.6 Å². The fourth-order valence-corrected chi connectivity index (χ4v) is 3.55. The fourth-order valence-electron chi connectivity index (χ4n) is 2.54. The van der Waals surface area contributed by atoms with E-state index in [1.165, 1.54) is 16.6 Å². The quantitative estimate of drug-likeness (QED) is 0.558. The number of hydrogen-bond donors (Lipinski definition) is 2. The average molecular weight is 363 g/mol. The summed E-state index contributed by atoms with van der Waals surface area (Å²) in [5, 5.41) is 7.63. The van der Waals surface area contributed by atoms with Gasteiger partial charge in [-0.3, -0.25) is 4.99 Å². The highest BCUT2D eigenvalue weighted by Crippen LogP contribution is 2.18. The van der Waals surface area contributed by atoms with Gasteiger partial charge in [-0.1, -0.05) is 25.1 Å². The minimum atomic E-state index is -0.155. The Morgan fingerprint density at radius 2 is 2.00 bits per heavy atom. The van der Waals surface area contributed by atoms with E-state index in [9.17, 15) is 4.39 Å². The van der Waals surface area contributed by atoms with Gasteiger partial charge in [0.2, 0.25) is 0 Å². The highest BCUT2D eigenvalue weighted by Gasteiger charge is 2.06. The minimum absolute atomic E-state index is 0.155. The van der Waals surface area contributed by atoms with Crippen molar-refractivity contribution >= 4 is 17.3 Å². The summed E-state index contributed by atoms with van der Waals surface area (Å²) in [4.78, 5) is 10.5. The van der Waals surface area contributed by atoms with Gasteiger partial charge in [0.15, 0.2) is 5.96 Å². The van der Waals surface area contributed by atoms with Crippen LogP contribution in [0.2, 0.25) is 0 Å². The zero-order valence-corrected chi connectivity index (χ0v) is 16.0. The molecule has 0 radical (unpaired) electrons. The molecular formula is C19H27FN4S. The first kappa shape index (κ1) is 19.4. The molecule has 6 heteroatoms. The number of aromatic nitrogens is 1. The number of halogens is 1. The monoisotopic (exact) mass is 362 g/mol. The molecule has 0 saturated carbocycles. The first-order valence-corrected chi connectivity index (χ1v) is 9.66. The van der Waals surface area contributed by atoms with Crippen LogP contribution in [0.5, 0.6) is 0 Å². The zero-order chi connectivity index (χ0) is 18.1. The second-order valence-corrected chi connectivity index (χ2v) is 7.03. The van der Waals surface area contributed by atoms with E-state index in [0.717, 1.165) is 35.9 Å². The fraction of sp³-hybridized carbons (Fsp3) is 0.474. The van der Waals surface area contributed by atoms with Crippen molar-refractivity contribution in [3.63, 3.8) is 0 Å². The molecule has 0 aliphatic heterocycles. The number of benzene rings is 1. The van der Waals surface area contributed by atoms with E-state index >= 15 is 0 Å². The predicted molar refractivity (Wildman–Crippen MR) is 104 cm³/mol. The van der Waals surface area contributed by atoms with Crippen molar-refractivity contribution in [2.24, 2.45) is 4.99 Å². The summed E-state index contributed by atoms with van der Waals surface area (Å²) in [7, 11) is 0. The largest absolute Gasteiger partial charge is 0.357 e. The summed E-state index contributed by atoms with van der Waals surface area (Å²) in [5.41, 5.74) is 1.91. The summed E-state index contributed by atoms with van der Waals surface area (Å²) < 4.78 is 13.6. The molecule has 2 rings (SSSR count). The van der Waals surface area contributed by atoms with Gasteiger partial charge in [0.25, 0.3) is 0 Å². The maximum absolute atomic E-state index is 13.6. The Morgan fingerprint density at radius 3 is 2.68 bits per heavy atom. The summed E-state index contributed by atoms with van der Waals surface area (Å²) in [6.07, 6.45) is 2.45. The lowest BCUT2D eigenvalue weighted by molar-refractivity contribution is 0.606. The molecule has 0 aliphatic rings. The third kappa shape index (κ3) is 6.12. The number of hydrogen-bond acceptors (Lipinski definition) is 3. The summed E-state index contributed by atoms with van der Waals surface area (Å²) >= 11 is 1.76. The van der Waals surface area contributed by atoms with Gasteiger partial charge >= 0.3 is 0 Å². The standard InChI is InChI=1S/C19H27FN4S/c1-4-17-14(3)25-18(24-17)11-13-23-19(21-5-2)22-12-10-15-8-6-7-9-16(15)20/h6-9H,4-5,10-13H2,1-3H3,(H2,21,22,23). The maximum atomic E-state index is 13.6. The summed E-state index contributed by atoms with van der Waals surface area (Å²) in [5.74, 6) is 0.611. The van der Waals surface area contributed by atoms with Crippen LogP contribution in [-0.4, -0.2) is 30.6 Å². The van der Waals surface area contributed by atoms with Gasteiger partial charge in [-0.25, -0.2) is 9.37 Å². The van der Waals surface area contributed by atoms with Gasteiger partial charge < -0.3 is 10.6 Å². The molecule has 1 aromatic carbocycles. The SMILES string of the molecule is CCNC(=NCCc1nc(CC)c(C)s1)NCCc1ccccc1F. The van der Waals surface area contributed by atoms with Gasteiger partial charge in [-0.2, -0.15) is 0 Å². The van der Waals surface area contributed by atoms with Crippen molar-refractivity contribution < 1.29 is 4.39 Å². The zero-order valence-electron chi connectivity index (χ0n) is 15.2. The van der Waals surface area contributed by atoms with Crippen molar-refractivity contribution in [1.29, 1.82) is 0 Å². The Morgan fingerprint density at radius 1 is 1.20 bits per heavy atom. The molecule has 25 heavy (non-hydrogen) atoms. The topological polar surface area (TPSA) is 49.3 Å². The van der Waals surface area contributed by atoms with E-state index in [1.807, 2.05) is 19.1 Å². The van der Waals surface area contributed by atoms with E-state index < -0.39 is 0 Å². The Hall–Kier alpha value is -1.95. The van der Waals surface area contributed by atoms with Crippen LogP contribution < -0.4 is 10.6 Å². The number of nitrogens with zero attached hydrogens (tertiary/aromatic N) is 2. The van der Waals surface area contributed by atoms with E-state index in [0.29, 0.717) is 19.5 Å². The second-order valence-electron chi connectivity index (χ2n) is 5.74. The average Bonchev–Trinajstić information content (AvgIpc) is 2.96. The second kappa shape index (κ2) is 10.1. The molecule has 0 amide bonds. The molecule has 4 nitrogen and oxygen atoms in total. The molecule has 1 heterocycles. The number of nitrogens with one attached hydrogen (secondary N) is 2. The molecule has 0 saturated heterocycles. The van der Waals surface area contributed by atoms with E-state index in [4.69, 9.17) is 0 Å². The van der Waals surface area contributed by atoms with Gasteiger partial charge in [0, 0.05) is 30.9 Å². The normalized spacial score (nSPS) is 11.6. The summed E-state index contributed by atoms with van der Waals surface area (Å²) in [6.45, 7) is 8.41. The molecule has 0 atom stereocenters. The molecule has 2 aromatic rings.